The summed E-state index contributed by atoms with van der Waals surface area (Å²) in [6.45, 7) is 0. The van der Waals surface area contributed by atoms with Gasteiger partial charge in [-0.1, -0.05) is 12.1 Å². The summed E-state index contributed by atoms with van der Waals surface area (Å²) in [5, 5.41) is 22.8. The highest BCUT2D eigenvalue weighted by atomic mass is 16.5. The van der Waals surface area contributed by atoms with Crippen molar-refractivity contribution in [3.8, 4) is 17.2 Å². The molecule has 0 aliphatic rings. The van der Waals surface area contributed by atoms with Gasteiger partial charge in [-0.3, -0.25) is 0 Å². The lowest BCUT2D eigenvalue weighted by molar-refractivity contribution is 0.377. The van der Waals surface area contributed by atoms with Crippen LogP contribution in [0, 0.1) is 0 Å². The van der Waals surface area contributed by atoms with Gasteiger partial charge in [0.2, 0.25) is 0 Å². The quantitative estimate of drug-likeness (QED) is 0.414. The normalized spacial score (nSPS) is 11.7. The Bertz CT molecular complexity index is 1060. The molecular formula is C16H10O5. The van der Waals surface area contributed by atoms with E-state index in [1.54, 1.807) is 24.3 Å². The largest absolute Gasteiger partial charge is 0.508 e. The first-order valence-corrected chi connectivity index (χ1v) is 6.31. The molecule has 0 saturated heterocycles. The Morgan fingerprint density at radius 3 is 2.43 bits per heavy atom. The molecular weight excluding hydrogens is 272 g/mol. The number of hydrogen-bond donors (Lipinski definition) is 2. The molecule has 2 N–H and O–H groups in total. The van der Waals surface area contributed by atoms with Crippen LogP contribution in [-0.2, 0) is 0 Å². The Balaban J connectivity index is 2.44. The van der Waals surface area contributed by atoms with Gasteiger partial charge >= 0.3 is 5.63 Å². The van der Waals surface area contributed by atoms with Crippen LogP contribution >= 0.6 is 0 Å². The molecule has 21 heavy (non-hydrogen) atoms. The van der Waals surface area contributed by atoms with Gasteiger partial charge in [0, 0.05) is 16.8 Å². The van der Waals surface area contributed by atoms with Crippen molar-refractivity contribution >= 4 is 32.5 Å². The lowest BCUT2D eigenvalue weighted by Crippen LogP contribution is -2.03. The van der Waals surface area contributed by atoms with Gasteiger partial charge in [0.25, 0.3) is 0 Å². The van der Waals surface area contributed by atoms with Crippen LogP contribution < -0.4 is 10.4 Å². The number of benzene rings is 3. The summed E-state index contributed by atoms with van der Waals surface area (Å²) >= 11 is 0. The van der Waals surface area contributed by atoms with E-state index in [0.717, 1.165) is 10.8 Å². The third-order valence-corrected chi connectivity index (χ3v) is 3.71. The van der Waals surface area contributed by atoms with E-state index in [-0.39, 0.29) is 22.6 Å². The molecule has 0 saturated carbocycles. The maximum atomic E-state index is 12.3. The number of rotatable bonds is 1. The number of ether oxygens (including phenoxy) is 1. The van der Waals surface area contributed by atoms with Gasteiger partial charge in [-0.05, 0) is 22.9 Å². The molecule has 0 radical (unpaired) electrons. The molecule has 5 nitrogen and oxygen atoms in total. The summed E-state index contributed by atoms with van der Waals surface area (Å²) in [7, 11) is 1.39. The Morgan fingerprint density at radius 1 is 1.00 bits per heavy atom. The summed E-state index contributed by atoms with van der Waals surface area (Å²) in [6.07, 6.45) is 0. The van der Waals surface area contributed by atoms with E-state index < -0.39 is 5.63 Å². The van der Waals surface area contributed by atoms with Gasteiger partial charge in [-0.25, -0.2) is 4.79 Å². The Labute approximate surface area is 117 Å². The predicted molar refractivity (Wildman–Crippen MR) is 78.6 cm³/mol. The fraction of sp³-hybridized carbons (Fsp3) is 0.0625. The average molecular weight is 282 g/mol. The lowest BCUT2D eigenvalue weighted by atomic mass is 9.97. The second-order valence-electron chi connectivity index (χ2n) is 4.90. The summed E-state index contributed by atoms with van der Waals surface area (Å²) in [4.78, 5) is 12.3. The number of aromatic hydroxyl groups is 2. The highest BCUT2D eigenvalue weighted by Crippen LogP contribution is 2.42. The zero-order valence-corrected chi connectivity index (χ0v) is 11.0. The highest BCUT2D eigenvalue weighted by Gasteiger charge is 2.20. The van der Waals surface area contributed by atoms with Crippen LogP contribution in [0.15, 0.2) is 39.5 Å². The maximum Gasteiger partial charge on any atom is 0.348 e. The van der Waals surface area contributed by atoms with Crippen molar-refractivity contribution in [3.63, 3.8) is 0 Å². The molecule has 4 aromatic rings. The van der Waals surface area contributed by atoms with Gasteiger partial charge in [0.1, 0.15) is 16.7 Å². The Kier molecular flexibility index (Phi) is 2.14. The van der Waals surface area contributed by atoms with Gasteiger partial charge in [0.15, 0.2) is 11.5 Å². The zero-order valence-electron chi connectivity index (χ0n) is 11.0. The molecule has 5 heteroatoms. The van der Waals surface area contributed by atoms with Crippen molar-refractivity contribution in [1.29, 1.82) is 0 Å². The van der Waals surface area contributed by atoms with E-state index in [2.05, 4.69) is 0 Å². The summed E-state index contributed by atoms with van der Waals surface area (Å²) in [5.74, 6) is 0.0103. The molecule has 0 unspecified atom stereocenters. The third-order valence-electron chi connectivity index (χ3n) is 3.71. The van der Waals surface area contributed by atoms with Crippen LogP contribution in [0.4, 0.5) is 0 Å². The second kappa shape index (κ2) is 3.79. The minimum absolute atomic E-state index is 0.0267. The average Bonchev–Trinajstić information content (AvgIpc) is 2.44. The minimum atomic E-state index is -0.613. The number of phenolic OH excluding ortho intramolecular Hbond substituents is 2. The van der Waals surface area contributed by atoms with Crippen molar-refractivity contribution in [1.82, 2.24) is 0 Å². The molecule has 104 valence electrons. The number of hydrogen-bond acceptors (Lipinski definition) is 5. The lowest BCUT2D eigenvalue weighted by Gasteiger charge is -2.13. The Hall–Kier alpha value is -2.95. The summed E-state index contributed by atoms with van der Waals surface area (Å²) < 4.78 is 10.4. The first kappa shape index (κ1) is 11.8. The molecule has 1 heterocycles. The monoisotopic (exact) mass is 282 g/mol. The minimum Gasteiger partial charge on any atom is -0.508 e. The number of methoxy groups -OCH3 is 1. The van der Waals surface area contributed by atoms with Crippen LogP contribution in [0.5, 0.6) is 17.2 Å². The molecule has 1 aromatic heterocycles. The van der Waals surface area contributed by atoms with Gasteiger partial charge in [0.05, 0.1) is 7.11 Å². The standard InChI is InChI=1S/C16H10O5/c1-20-15-10(18)5-8-3-2-7-4-9(17)6-11-12(7)13(8)14(15)16(19)21-11/h2-6,17-18H,1H3. The van der Waals surface area contributed by atoms with Crippen LogP contribution in [0.1, 0.15) is 0 Å². The molecule has 3 aromatic carbocycles. The van der Waals surface area contributed by atoms with Crippen molar-refractivity contribution in [2.45, 2.75) is 0 Å². The molecule has 0 bridgehead atoms. The van der Waals surface area contributed by atoms with Crippen molar-refractivity contribution in [2.24, 2.45) is 0 Å². The third kappa shape index (κ3) is 1.43. The van der Waals surface area contributed by atoms with Crippen LogP contribution in [0.25, 0.3) is 32.5 Å². The predicted octanol–water partition coefficient (Wildman–Crippen LogP) is 2.96. The van der Waals surface area contributed by atoms with Crippen LogP contribution in [0.2, 0.25) is 0 Å². The topological polar surface area (TPSA) is 79.9 Å². The van der Waals surface area contributed by atoms with Gasteiger partial charge in [-0.15, -0.1) is 0 Å². The van der Waals surface area contributed by atoms with Crippen molar-refractivity contribution < 1.29 is 19.4 Å². The van der Waals surface area contributed by atoms with E-state index in [0.29, 0.717) is 16.4 Å². The van der Waals surface area contributed by atoms with Gasteiger partial charge < -0.3 is 19.4 Å². The van der Waals surface area contributed by atoms with E-state index in [9.17, 15) is 15.0 Å². The molecule has 0 fully saturated rings. The molecule has 0 aliphatic carbocycles. The van der Waals surface area contributed by atoms with Crippen molar-refractivity contribution in [2.75, 3.05) is 7.11 Å². The first-order valence-electron chi connectivity index (χ1n) is 6.31. The summed E-state index contributed by atoms with van der Waals surface area (Å²) in [6, 6.07) is 8.13. The molecule has 4 rings (SSSR count). The van der Waals surface area contributed by atoms with Crippen LogP contribution in [0.3, 0.4) is 0 Å². The molecule has 0 spiro atoms. The SMILES string of the molecule is COc1c(O)cc2ccc3cc(O)cc4oc(=O)c1c2c34. The van der Waals surface area contributed by atoms with E-state index in [1.165, 1.54) is 13.2 Å². The van der Waals surface area contributed by atoms with E-state index in [1.807, 2.05) is 0 Å². The van der Waals surface area contributed by atoms with Gasteiger partial charge in [-0.2, -0.15) is 0 Å². The fourth-order valence-corrected chi connectivity index (χ4v) is 2.90. The molecule has 0 aliphatic heterocycles. The highest BCUT2D eigenvalue weighted by molar-refractivity contribution is 6.23. The Morgan fingerprint density at radius 2 is 1.71 bits per heavy atom. The van der Waals surface area contributed by atoms with Crippen LogP contribution in [-0.4, -0.2) is 17.3 Å². The number of phenols is 2. The fourth-order valence-electron chi connectivity index (χ4n) is 2.90. The molecule has 0 amide bonds. The van der Waals surface area contributed by atoms with E-state index in [4.69, 9.17) is 9.15 Å². The zero-order chi connectivity index (χ0) is 14.7. The first-order chi connectivity index (χ1) is 10.1. The maximum absolute atomic E-state index is 12.3. The summed E-state index contributed by atoms with van der Waals surface area (Å²) in [5.41, 5.74) is -0.306. The van der Waals surface area contributed by atoms with E-state index >= 15 is 0 Å². The van der Waals surface area contributed by atoms with Crippen molar-refractivity contribution in [3.05, 3.63) is 40.8 Å². The molecule has 0 atom stereocenters. The second-order valence-corrected chi connectivity index (χ2v) is 4.90. The smallest absolute Gasteiger partial charge is 0.348 e.